The molecule has 1 amide bonds. The molecule has 1 aromatic carbocycles. The van der Waals surface area contributed by atoms with Crippen LogP contribution >= 0.6 is 11.6 Å². The van der Waals surface area contributed by atoms with Crippen molar-refractivity contribution in [3.63, 3.8) is 0 Å². The SMILES string of the molecule is C#CCOc1c(OC)cc(C(=O)NC2CCCCC2Cl)cc1OC. The predicted octanol–water partition coefficient (Wildman–Crippen LogP) is 3.00. The second-order valence-electron chi connectivity index (χ2n) is 5.58. The summed E-state index contributed by atoms with van der Waals surface area (Å²) in [5.74, 6) is 3.33. The highest BCUT2D eigenvalue weighted by atomic mass is 35.5. The molecule has 1 aromatic rings. The fourth-order valence-corrected chi connectivity index (χ4v) is 3.11. The highest BCUT2D eigenvalue weighted by Gasteiger charge is 2.26. The Morgan fingerprint density at radius 2 is 1.92 bits per heavy atom. The molecule has 2 atom stereocenters. The van der Waals surface area contributed by atoms with Gasteiger partial charge in [-0.1, -0.05) is 18.8 Å². The minimum absolute atomic E-state index is 0.0257. The van der Waals surface area contributed by atoms with Gasteiger partial charge in [-0.3, -0.25) is 4.79 Å². The number of alkyl halides is 1. The standard InChI is InChI=1S/C18H22ClNO4/c1-4-9-24-17-15(22-2)10-12(11-16(17)23-3)18(21)20-14-8-6-5-7-13(14)19/h1,10-11,13-14H,5-9H2,2-3H3,(H,20,21). The van der Waals surface area contributed by atoms with Gasteiger partial charge in [0.2, 0.25) is 5.75 Å². The lowest BCUT2D eigenvalue weighted by Crippen LogP contribution is -2.42. The molecule has 1 saturated carbocycles. The van der Waals surface area contributed by atoms with Crippen LogP contribution in [-0.2, 0) is 0 Å². The first-order valence-electron chi connectivity index (χ1n) is 7.88. The molecule has 2 rings (SSSR count). The zero-order valence-corrected chi connectivity index (χ0v) is 14.7. The molecule has 0 heterocycles. The van der Waals surface area contributed by atoms with E-state index >= 15 is 0 Å². The van der Waals surface area contributed by atoms with Crippen LogP contribution in [0, 0.1) is 12.3 Å². The molecule has 5 nitrogen and oxygen atoms in total. The summed E-state index contributed by atoms with van der Waals surface area (Å²) in [6.07, 6.45) is 9.19. The number of carbonyl (C=O) groups excluding carboxylic acids is 1. The molecule has 1 fully saturated rings. The summed E-state index contributed by atoms with van der Waals surface area (Å²) < 4.78 is 16.1. The average molecular weight is 352 g/mol. The van der Waals surface area contributed by atoms with Crippen LogP contribution in [-0.4, -0.2) is 38.2 Å². The normalized spacial score (nSPS) is 19.9. The highest BCUT2D eigenvalue weighted by Crippen LogP contribution is 2.38. The molecule has 0 spiro atoms. The minimum atomic E-state index is -0.215. The third-order valence-electron chi connectivity index (χ3n) is 4.02. The topological polar surface area (TPSA) is 56.8 Å². The Hall–Kier alpha value is -2.06. The lowest BCUT2D eigenvalue weighted by Gasteiger charge is -2.28. The van der Waals surface area contributed by atoms with E-state index in [1.165, 1.54) is 14.2 Å². The van der Waals surface area contributed by atoms with Crippen LogP contribution in [0.1, 0.15) is 36.0 Å². The summed E-state index contributed by atoms with van der Waals surface area (Å²) in [5, 5.41) is 2.96. The molecule has 0 aliphatic heterocycles. The number of amides is 1. The molecule has 1 N–H and O–H groups in total. The second kappa shape index (κ2) is 8.70. The third kappa shape index (κ3) is 4.27. The van der Waals surface area contributed by atoms with Gasteiger partial charge in [-0.05, 0) is 25.0 Å². The van der Waals surface area contributed by atoms with E-state index in [1.54, 1.807) is 12.1 Å². The number of halogens is 1. The van der Waals surface area contributed by atoms with E-state index in [9.17, 15) is 4.79 Å². The van der Waals surface area contributed by atoms with E-state index in [1.807, 2.05) is 0 Å². The van der Waals surface area contributed by atoms with Crippen molar-refractivity contribution in [3.8, 4) is 29.6 Å². The molecular weight excluding hydrogens is 330 g/mol. The summed E-state index contributed by atoms with van der Waals surface area (Å²) in [5.41, 5.74) is 0.422. The van der Waals surface area contributed by atoms with E-state index in [-0.39, 0.29) is 23.9 Å². The van der Waals surface area contributed by atoms with Crippen molar-refractivity contribution in [1.82, 2.24) is 5.32 Å². The van der Waals surface area contributed by atoms with Gasteiger partial charge in [0.25, 0.3) is 5.91 Å². The van der Waals surface area contributed by atoms with Crippen LogP contribution in [0.25, 0.3) is 0 Å². The number of terminal acetylenes is 1. The Balaban J connectivity index is 2.23. The van der Waals surface area contributed by atoms with E-state index in [4.69, 9.17) is 32.2 Å². The van der Waals surface area contributed by atoms with Gasteiger partial charge < -0.3 is 19.5 Å². The maximum absolute atomic E-state index is 12.6. The zero-order chi connectivity index (χ0) is 17.5. The van der Waals surface area contributed by atoms with Gasteiger partial charge >= 0.3 is 0 Å². The van der Waals surface area contributed by atoms with E-state index < -0.39 is 0 Å². The lowest BCUT2D eigenvalue weighted by atomic mass is 9.94. The molecule has 2 unspecified atom stereocenters. The van der Waals surface area contributed by atoms with Crippen molar-refractivity contribution in [2.24, 2.45) is 0 Å². The van der Waals surface area contributed by atoms with Crippen LogP contribution < -0.4 is 19.5 Å². The first-order valence-corrected chi connectivity index (χ1v) is 8.31. The van der Waals surface area contributed by atoms with Crippen molar-refractivity contribution in [2.45, 2.75) is 37.1 Å². The number of nitrogens with one attached hydrogen (secondary N) is 1. The fourth-order valence-electron chi connectivity index (χ4n) is 2.77. The highest BCUT2D eigenvalue weighted by molar-refractivity contribution is 6.21. The maximum atomic E-state index is 12.6. The molecule has 24 heavy (non-hydrogen) atoms. The van der Waals surface area contributed by atoms with Gasteiger partial charge in [0.1, 0.15) is 6.61 Å². The first-order chi connectivity index (χ1) is 11.6. The van der Waals surface area contributed by atoms with E-state index in [0.29, 0.717) is 22.8 Å². The first kappa shape index (κ1) is 18.3. The Morgan fingerprint density at radius 3 is 2.46 bits per heavy atom. The van der Waals surface area contributed by atoms with Crippen molar-refractivity contribution in [1.29, 1.82) is 0 Å². The van der Waals surface area contributed by atoms with Gasteiger partial charge in [0.15, 0.2) is 11.5 Å². The van der Waals surface area contributed by atoms with Crippen LogP contribution in [0.15, 0.2) is 12.1 Å². The van der Waals surface area contributed by atoms with Crippen molar-refractivity contribution >= 4 is 17.5 Å². The molecule has 130 valence electrons. The summed E-state index contributed by atoms with van der Waals surface area (Å²) in [6.45, 7) is 0.0776. The number of hydrogen-bond acceptors (Lipinski definition) is 4. The van der Waals surface area contributed by atoms with Crippen LogP contribution in [0.2, 0.25) is 0 Å². The molecule has 6 heteroatoms. The lowest BCUT2D eigenvalue weighted by molar-refractivity contribution is 0.0928. The van der Waals surface area contributed by atoms with Crippen LogP contribution in [0.5, 0.6) is 17.2 Å². The summed E-state index contributed by atoms with van der Waals surface area (Å²) >= 11 is 6.31. The van der Waals surface area contributed by atoms with Gasteiger partial charge in [0.05, 0.1) is 19.6 Å². The summed E-state index contributed by atoms with van der Waals surface area (Å²) in [4.78, 5) is 12.6. The quantitative estimate of drug-likeness (QED) is 0.632. The fraction of sp³-hybridized carbons (Fsp3) is 0.500. The summed E-state index contributed by atoms with van der Waals surface area (Å²) in [6, 6.07) is 3.19. The van der Waals surface area contributed by atoms with Crippen LogP contribution in [0.3, 0.4) is 0 Å². The van der Waals surface area contributed by atoms with Crippen LogP contribution in [0.4, 0.5) is 0 Å². The molecular formula is C18H22ClNO4. The van der Waals surface area contributed by atoms with Crippen molar-refractivity contribution < 1.29 is 19.0 Å². The summed E-state index contributed by atoms with van der Waals surface area (Å²) in [7, 11) is 2.99. The number of carbonyl (C=O) groups is 1. The molecule has 0 radical (unpaired) electrons. The zero-order valence-electron chi connectivity index (χ0n) is 13.9. The number of hydrogen-bond donors (Lipinski definition) is 1. The van der Waals surface area contributed by atoms with Crippen molar-refractivity contribution in [2.75, 3.05) is 20.8 Å². The van der Waals surface area contributed by atoms with E-state index in [2.05, 4.69) is 11.2 Å². The monoisotopic (exact) mass is 351 g/mol. The molecule has 0 saturated heterocycles. The Labute approximate surface area is 147 Å². The van der Waals surface area contributed by atoms with Gasteiger partial charge in [0, 0.05) is 11.6 Å². The van der Waals surface area contributed by atoms with Gasteiger partial charge in [-0.15, -0.1) is 18.0 Å². The third-order valence-corrected chi connectivity index (χ3v) is 4.54. The maximum Gasteiger partial charge on any atom is 0.251 e. The molecule has 0 bridgehead atoms. The molecule has 0 aromatic heterocycles. The second-order valence-corrected chi connectivity index (χ2v) is 6.14. The predicted molar refractivity (Wildman–Crippen MR) is 93.2 cm³/mol. The molecule has 1 aliphatic rings. The Morgan fingerprint density at radius 1 is 1.29 bits per heavy atom. The Bertz CT molecular complexity index is 601. The van der Waals surface area contributed by atoms with Crippen molar-refractivity contribution in [3.05, 3.63) is 17.7 Å². The average Bonchev–Trinajstić information content (AvgIpc) is 2.61. The Kier molecular flexibility index (Phi) is 6.62. The largest absolute Gasteiger partial charge is 0.493 e. The van der Waals surface area contributed by atoms with Gasteiger partial charge in [-0.2, -0.15) is 0 Å². The minimum Gasteiger partial charge on any atom is -0.493 e. The van der Waals surface area contributed by atoms with E-state index in [0.717, 1.165) is 25.7 Å². The number of ether oxygens (including phenoxy) is 3. The number of benzene rings is 1. The number of methoxy groups -OCH3 is 2. The smallest absolute Gasteiger partial charge is 0.251 e. The molecule has 1 aliphatic carbocycles. The number of rotatable bonds is 6. The van der Waals surface area contributed by atoms with Gasteiger partial charge in [-0.25, -0.2) is 0 Å².